The van der Waals surface area contributed by atoms with Crippen molar-refractivity contribution < 1.29 is 9.90 Å². The third-order valence-electron chi connectivity index (χ3n) is 6.64. The number of hydrogen-bond donors (Lipinski definition) is 3. The van der Waals surface area contributed by atoms with Gasteiger partial charge in [0.25, 0.3) is 0 Å². The van der Waals surface area contributed by atoms with Crippen molar-refractivity contribution in [2.45, 2.75) is 96.1 Å². The van der Waals surface area contributed by atoms with Crippen molar-refractivity contribution in [3.63, 3.8) is 0 Å². The van der Waals surface area contributed by atoms with Crippen LogP contribution in [0.2, 0.25) is 0 Å². The fraction of sp³-hybridized carbons (Fsp3) is 0.955. The molecule has 1 aliphatic carbocycles. The Hall–Kier alpha value is -0.650. The van der Waals surface area contributed by atoms with E-state index >= 15 is 0 Å². The molecule has 2 saturated heterocycles. The standard InChI is InChI=1S/C18H32N2O2.C4H11N/c21-17(22)18-13-15(18)9-6-4-2-1-3-5-7-11-20-12-8-10-16(20)14-19-18;1-3-5-4-2/h15-16,19H,1-14H2,(H,21,22);5H,3-4H2,1-2H3. The highest BCUT2D eigenvalue weighted by Gasteiger charge is 2.59. The van der Waals surface area contributed by atoms with Gasteiger partial charge in [-0.1, -0.05) is 52.4 Å². The predicted octanol–water partition coefficient (Wildman–Crippen LogP) is 3.63. The van der Waals surface area contributed by atoms with E-state index in [9.17, 15) is 9.90 Å². The molecule has 0 radical (unpaired) electrons. The lowest BCUT2D eigenvalue weighted by Crippen LogP contribution is -2.48. The van der Waals surface area contributed by atoms with E-state index in [4.69, 9.17) is 0 Å². The Bertz CT molecular complexity index is 430. The average Bonchev–Trinajstić information content (AvgIpc) is 3.19. The van der Waals surface area contributed by atoms with Crippen LogP contribution in [0.25, 0.3) is 0 Å². The van der Waals surface area contributed by atoms with Crippen LogP contribution in [0.5, 0.6) is 0 Å². The van der Waals surface area contributed by atoms with Gasteiger partial charge in [-0.2, -0.15) is 0 Å². The van der Waals surface area contributed by atoms with Gasteiger partial charge in [-0.05, 0) is 64.2 Å². The molecule has 0 aromatic heterocycles. The zero-order chi connectivity index (χ0) is 19.5. The third kappa shape index (κ3) is 7.03. The normalized spacial score (nSPS) is 32.8. The first-order valence-corrected chi connectivity index (χ1v) is 11.6. The van der Waals surface area contributed by atoms with Gasteiger partial charge in [0.1, 0.15) is 5.54 Å². The van der Waals surface area contributed by atoms with E-state index in [1.54, 1.807) is 0 Å². The van der Waals surface area contributed by atoms with Crippen LogP contribution in [0.1, 0.15) is 84.5 Å². The van der Waals surface area contributed by atoms with Gasteiger partial charge in [-0.25, -0.2) is 0 Å². The second-order valence-corrected chi connectivity index (χ2v) is 8.61. The molecule has 3 fully saturated rings. The molecule has 3 unspecified atom stereocenters. The Balaban J connectivity index is 0.000000465. The van der Waals surface area contributed by atoms with E-state index < -0.39 is 11.5 Å². The van der Waals surface area contributed by atoms with Crippen molar-refractivity contribution in [2.75, 3.05) is 32.7 Å². The molecule has 158 valence electrons. The monoisotopic (exact) mass is 381 g/mol. The van der Waals surface area contributed by atoms with Crippen molar-refractivity contribution in [1.29, 1.82) is 0 Å². The summed E-state index contributed by atoms with van der Waals surface area (Å²) in [5, 5.41) is 16.2. The van der Waals surface area contributed by atoms with Crippen LogP contribution in [0.4, 0.5) is 0 Å². The zero-order valence-electron chi connectivity index (χ0n) is 17.8. The Morgan fingerprint density at radius 2 is 1.63 bits per heavy atom. The molecule has 0 bridgehead atoms. The Morgan fingerprint density at radius 1 is 1.00 bits per heavy atom. The SMILES string of the molecule is CCNCC.O=C(O)C12CC1CCCCCCCCCN1CCCC1CN2. The van der Waals surface area contributed by atoms with E-state index in [1.165, 1.54) is 70.9 Å². The van der Waals surface area contributed by atoms with E-state index in [0.717, 1.165) is 32.5 Å². The molecule has 1 saturated carbocycles. The van der Waals surface area contributed by atoms with Crippen LogP contribution in [0, 0.1) is 5.92 Å². The second-order valence-electron chi connectivity index (χ2n) is 8.61. The van der Waals surface area contributed by atoms with Crippen molar-refractivity contribution in [3.8, 4) is 0 Å². The van der Waals surface area contributed by atoms with Gasteiger partial charge < -0.3 is 15.7 Å². The van der Waals surface area contributed by atoms with Gasteiger partial charge >= 0.3 is 5.97 Å². The molecule has 0 amide bonds. The number of carbonyl (C=O) groups is 1. The summed E-state index contributed by atoms with van der Waals surface area (Å²) in [4.78, 5) is 14.3. The quantitative estimate of drug-likeness (QED) is 0.697. The van der Waals surface area contributed by atoms with Crippen LogP contribution in [-0.4, -0.2) is 60.3 Å². The first-order valence-electron chi connectivity index (χ1n) is 11.6. The molecule has 5 heteroatoms. The molecule has 0 aromatic rings. The molecule has 3 rings (SSSR count). The highest BCUT2D eigenvalue weighted by atomic mass is 16.4. The minimum atomic E-state index is -0.619. The van der Waals surface area contributed by atoms with Gasteiger partial charge in [0, 0.05) is 12.6 Å². The number of rotatable bonds is 3. The molecule has 27 heavy (non-hydrogen) atoms. The summed E-state index contributed by atoms with van der Waals surface area (Å²) in [6.45, 7) is 9.66. The summed E-state index contributed by atoms with van der Waals surface area (Å²) in [6, 6.07) is 0.558. The molecule has 0 spiro atoms. The minimum absolute atomic E-state index is 0.366. The number of hydrogen-bond acceptors (Lipinski definition) is 4. The summed E-state index contributed by atoms with van der Waals surface area (Å²) in [5.41, 5.74) is -0.589. The highest BCUT2D eigenvalue weighted by molar-refractivity contribution is 5.83. The molecule has 0 aromatic carbocycles. The maximum absolute atomic E-state index is 11.7. The van der Waals surface area contributed by atoms with Crippen molar-refractivity contribution in [2.24, 2.45) is 5.92 Å². The van der Waals surface area contributed by atoms with Gasteiger partial charge in [-0.3, -0.25) is 9.69 Å². The van der Waals surface area contributed by atoms with Crippen LogP contribution in [0.15, 0.2) is 0 Å². The van der Waals surface area contributed by atoms with Crippen molar-refractivity contribution in [3.05, 3.63) is 0 Å². The number of nitrogens with zero attached hydrogens (tertiary/aromatic N) is 1. The van der Waals surface area contributed by atoms with Crippen molar-refractivity contribution >= 4 is 5.97 Å². The van der Waals surface area contributed by atoms with Crippen LogP contribution in [0.3, 0.4) is 0 Å². The number of nitrogens with one attached hydrogen (secondary N) is 2. The van der Waals surface area contributed by atoms with Gasteiger partial charge in [0.15, 0.2) is 0 Å². The molecule has 2 aliphatic heterocycles. The fourth-order valence-corrected chi connectivity index (χ4v) is 4.79. The second kappa shape index (κ2) is 12.0. The summed E-state index contributed by atoms with van der Waals surface area (Å²) in [7, 11) is 0. The Labute approximate surface area is 166 Å². The van der Waals surface area contributed by atoms with E-state index in [-0.39, 0.29) is 0 Å². The number of aliphatic carboxylic acids is 1. The van der Waals surface area contributed by atoms with Crippen LogP contribution in [-0.2, 0) is 4.79 Å². The molecule has 2 heterocycles. The van der Waals surface area contributed by atoms with Crippen molar-refractivity contribution in [1.82, 2.24) is 15.5 Å². The predicted molar refractivity (Wildman–Crippen MR) is 112 cm³/mol. The zero-order valence-corrected chi connectivity index (χ0v) is 17.8. The van der Waals surface area contributed by atoms with E-state index in [0.29, 0.717) is 12.0 Å². The molecule has 3 N–H and O–H groups in total. The first kappa shape index (κ1) is 22.6. The smallest absolute Gasteiger partial charge is 0.324 e. The summed E-state index contributed by atoms with van der Waals surface area (Å²) >= 11 is 0. The van der Waals surface area contributed by atoms with E-state index in [1.807, 2.05) is 0 Å². The maximum atomic E-state index is 11.7. The lowest BCUT2D eigenvalue weighted by molar-refractivity contribution is -0.141. The summed E-state index contributed by atoms with van der Waals surface area (Å²) in [5.74, 6) is -0.253. The lowest BCUT2D eigenvalue weighted by Gasteiger charge is -2.26. The van der Waals surface area contributed by atoms with Gasteiger partial charge in [0.05, 0.1) is 0 Å². The largest absolute Gasteiger partial charge is 0.480 e. The topological polar surface area (TPSA) is 64.6 Å². The number of carboxylic acid groups (broad SMARTS) is 1. The van der Waals surface area contributed by atoms with Gasteiger partial charge in [0.2, 0.25) is 0 Å². The fourth-order valence-electron chi connectivity index (χ4n) is 4.79. The molecule has 3 aliphatic rings. The maximum Gasteiger partial charge on any atom is 0.324 e. The third-order valence-corrected chi connectivity index (χ3v) is 6.64. The summed E-state index contributed by atoms with van der Waals surface area (Å²) < 4.78 is 0. The van der Waals surface area contributed by atoms with Crippen LogP contribution < -0.4 is 10.6 Å². The van der Waals surface area contributed by atoms with E-state index in [2.05, 4.69) is 29.4 Å². The minimum Gasteiger partial charge on any atom is -0.480 e. The van der Waals surface area contributed by atoms with Crippen LogP contribution >= 0.6 is 0 Å². The average molecular weight is 382 g/mol. The number of carboxylic acids is 1. The molecular formula is C22H43N3O2. The molecule has 5 nitrogen and oxygen atoms in total. The number of fused-ring (bicyclic) bond motifs is 2. The van der Waals surface area contributed by atoms with Gasteiger partial charge in [-0.15, -0.1) is 0 Å². The Morgan fingerprint density at radius 3 is 2.26 bits per heavy atom. The Kier molecular flexibility index (Phi) is 10.1. The molecular weight excluding hydrogens is 338 g/mol. The highest BCUT2D eigenvalue weighted by Crippen LogP contribution is 2.47. The summed E-state index contributed by atoms with van der Waals surface area (Å²) in [6.07, 6.45) is 13.6. The lowest BCUT2D eigenvalue weighted by atomic mass is 10.0. The first-order chi connectivity index (χ1) is 13.1. The molecule has 3 atom stereocenters.